The van der Waals surface area contributed by atoms with Crippen LogP contribution < -0.4 is 0 Å². The normalized spacial score (nSPS) is 14.2. The molecule has 0 aromatic heterocycles. The molecule has 0 aliphatic heterocycles. The number of nitrogens with zero attached hydrogens (tertiary/aromatic N) is 1. The van der Waals surface area contributed by atoms with Gasteiger partial charge in [0.15, 0.2) is 29.4 Å². The first kappa shape index (κ1) is 13.3. The highest BCUT2D eigenvalue weighted by Crippen LogP contribution is 2.29. The zero-order valence-electron chi connectivity index (χ0n) is 7.89. The van der Waals surface area contributed by atoms with Crippen molar-refractivity contribution in [3.05, 3.63) is 34.6 Å². The summed E-state index contributed by atoms with van der Waals surface area (Å²) in [7, 11) is 0. The topological polar surface area (TPSA) is 64.2 Å². The second kappa shape index (κ2) is 4.65. The zero-order valence-corrected chi connectivity index (χ0v) is 7.89. The van der Waals surface area contributed by atoms with Gasteiger partial charge in [-0.3, -0.25) is 0 Å². The van der Waals surface area contributed by atoms with Crippen LogP contribution in [0.3, 0.4) is 0 Å². The van der Waals surface area contributed by atoms with E-state index in [1.807, 2.05) is 0 Å². The smallest absolute Gasteiger partial charge is 0.200 e. The molecule has 0 heterocycles. The predicted molar refractivity (Wildman–Crippen MR) is 42.8 cm³/mol. The average Bonchev–Trinajstić information content (AvgIpc) is 2.32. The molecule has 3 nitrogen and oxygen atoms in total. The van der Waals surface area contributed by atoms with Crippen molar-refractivity contribution >= 4 is 0 Å². The predicted octanol–water partition coefficient (Wildman–Crippen LogP) is 1.30. The standard InChI is InChI=1S/C9H4F5NO2/c10-4-3(9(17)2(16)1-15)5(11)7(13)8(14)6(4)12/h2,9,16-17H. The summed E-state index contributed by atoms with van der Waals surface area (Å²) in [4.78, 5) is 0. The van der Waals surface area contributed by atoms with Gasteiger partial charge in [-0.2, -0.15) is 5.26 Å². The minimum Gasteiger partial charge on any atom is -0.384 e. The highest BCUT2D eigenvalue weighted by Gasteiger charge is 2.32. The third-order valence-corrected chi connectivity index (χ3v) is 1.97. The molecule has 0 saturated heterocycles. The number of benzene rings is 1. The van der Waals surface area contributed by atoms with E-state index in [-0.39, 0.29) is 0 Å². The number of rotatable bonds is 2. The molecule has 1 rings (SSSR count). The van der Waals surface area contributed by atoms with Gasteiger partial charge in [-0.25, -0.2) is 22.0 Å². The van der Waals surface area contributed by atoms with Gasteiger partial charge < -0.3 is 10.2 Å². The fourth-order valence-corrected chi connectivity index (χ4v) is 1.11. The minimum atomic E-state index is -2.54. The molecule has 92 valence electrons. The second-order valence-electron chi connectivity index (χ2n) is 3.00. The van der Waals surface area contributed by atoms with E-state index in [2.05, 4.69) is 0 Å². The van der Waals surface area contributed by atoms with Crippen molar-refractivity contribution in [3.63, 3.8) is 0 Å². The molecule has 0 saturated carbocycles. The monoisotopic (exact) mass is 253 g/mol. The molecule has 0 amide bonds. The molecule has 1 aromatic carbocycles. The SMILES string of the molecule is N#CC(O)C(O)c1c(F)c(F)c(F)c(F)c1F. The summed E-state index contributed by atoms with van der Waals surface area (Å²) >= 11 is 0. The van der Waals surface area contributed by atoms with Gasteiger partial charge in [0, 0.05) is 0 Å². The van der Waals surface area contributed by atoms with E-state index in [9.17, 15) is 22.0 Å². The molecule has 1 aromatic rings. The van der Waals surface area contributed by atoms with Crippen LogP contribution in [0.5, 0.6) is 0 Å². The molecule has 8 heteroatoms. The Balaban J connectivity index is 3.50. The van der Waals surface area contributed by atoms with Gasteiger partial charge in [0.05, 0.1) is 11.6 Å². The number of hydrogen-bond donors (Lipinski definition) is 2. The van der Waals surface area contributed by atoms with Crippen LogP contribution in [0, 0.1) is 40.4 Å². The number of hydrogen-bond acceptors (Lipinski definition) is 3. The van der Waals surface area contributed by atoms with Crippen molar-refractivity contribution in [3.8, 4) is 6.07 Å². The quantitative estimate of drug-likeness (QED) is 0.361. The fraction of sp³-hybridized carbons (Fsp3) is 0.222. The Morgan fingerprint density at radius 3 is 1.53 bits per heavy atom. The van der Waals surface area contributed by atoms with Gasteiger partial charge in [-0.05, 0) is 0 Å². The van der Waals surface area contributed by atoms with E-state index in [1.165, 1.54) is 0 Å². The number of nitriles is 1. The van der Waals surface area contributed by atoms with Crippen molar-refractivity contribution in [1.29, 1.82) is 5.26 Å². The summed E-state index contributed by atoms with van der Waals surface area (Å²) in [5, 5.41) is 26.1. The zero-order chi connectivity index (χ0) is 13.3. The maximum Gasteiger partial charge on any atom is 0.200 e. The molecular weight excluding hydrogens is 249 g/mol. The van der Waals surface area contributed by atoms with Crippen LogP contribution in [0.25, 0.3) is 0 Å². The number of halogens is 5. The fourth-order valence-electron chi connectivity index (χ4n) is 1.11. The van der Waals surface area contributed by atoms with E-state index in [0.29, 0.717) is 0 Å². The Morgan fingerprint density at radius 1 is 0.824 bits per heavy atom. The van der Waals surface area contributed by atoms with Crippen LogP contribution in [0.1, 0.15) is 11.7 Å². The van der Waals surface area contributed by atoms with E-state index in [4.69, 9.17) is 15.5 Å². The van der Waals surface area contributed by atoms with Gasteiger partial charge in [-0.15, -0.1) is 0 Å². The lowest BCUT2D eigenvalue weighted by Gasteiger charge is -2.14. The molecule has 2 atom stereocenters. The van der Waals surface area contributed by atoms with Crippen molar-refractivity contribution in [2.24, 2.45) is 0 Å². The Kier molecular flexibility index (Phi) is 3.65. The lowest BCUT2D eigenvalue weighted by Crippen LogP contribution is -2.21. The van der Waals surface area contributed by atoms with Gasteiger partial charge in [0.25, 0.3) is 0 Å². The van der Waals surface area contributed by atoms with Gasteiger partial charge in [-0.1, -0.05) is 0 Å². The third-order valence-electron chi connectivity index (χ3n) is 1.97. The molecule has 0 aliphatic rings. The summed E-state index contributed by atoms with van der Waals surface area (Å²) < 4.78 is 64.1. The van der Waals surface area contributed by atoms with Gasteiger partial charge in [0.1, 0.15) is 6.10 Å². The third kappa shape index (κ3) is 2.07. The lowest BCUT2D eigenvalue weighted by molar-refractivity contribution is 0.0462. The molecular formula is C9H4F5NO2. The Morgan fingerprint density at radius 2 is 1.18 bits per heavy atom. The Bertz CT molecular complexity index is 470. The average molecular weight is 253 g/mol. The second-order valence-corrected chi connectivity index (χ2v) is 3.00. The molecule has 17 heavy (non-hydrogen) atoms. The molecule has 0 radical (unpaired) electrons. The van der Waals surface area contributed by atoms with Crippen molar-refractivity contribution < 1.29 is 32.2 Å². The summed E-state index contributed by atoms with van der Waals surface area (Å²) in [6.45, 7) is 0. The first-order valence-corrected chi connectivity index (χ1v) is 4.10. The van der Waals surface area contributed by atoms with Crippen LogP contribution in [-0.4, -0.2) is 16.3 Å². The van der Waals surface area contributed by atoms with Gasteiger partial charge >= 0.3 is 0 Å². The van der Waals surface area contributed by atoms with E-state index >= 15 is 0 Å². The first-order chi connectivity index (χ1) is 7.82. The molecule has 2 unspecified atom stereocenters. The maximum absolute atomic E-state index is 13.0. The van der Waals surface area contributed by atoms with Crippen LogP contribution in [0.4, 0.5) is 22.0 Å². The minimum absolute atomic E-state index is 1.00. The molecule has 0 spiro atoms. The molecule has 0 aliphatic carbocycles. The van der Waals surface area contributed by atoms with Crippen LogP contribution in [-0.2, 0) is 0 Å². The van der Waals surface area contributed by atoms with Crippen molar-refractivity contribution in [2.75, 3.05) is 0 Å². The number of aliphatic hydroxyl groups is 2. The lowest BCUT2D eigenvalue weighted by atomic mass is 10.0. The highest BCUT2D eigenvalue weighted by molar-refractivity contribution is 5.27. The molecule has 2 N–H and O–H groups in total. The van der Waals surface area contributed by atoms with Crippen LogP contribution in [0.2, 0.25) is 0 Å². The van der Waals surface area contributed by atoms with Gasteiger partial charge in [0.2, 0.25) is 5.82 Å². The first-order valence-electron chi connectivity index (χ1n) is 4.10. The summed E-state index contributed by atoms with van der Waals surface area (Å²) in [5.74, 6) is -11.5. The summed E-state index contributed by atoms with van der Waals surface area (Å²) in [6, 6.07) is 1.00. The maximum atomic E-state index is 13.0. The molecule has 0 bridgehead atoms. The highest BCUT2D eigenvalue weighted by atomic mass is 19.2. The van der Waals surface area contributed by atoms with Crippen LogP contribution >= 0.6 is 0 Å². The Labute approximate surface area is 91.3 Å². The van der Waals surface area contributed by atoms with E-state index in [1.54, 1.807) is 0 Å². The number of aliphatic hydroxyl groups excluding tert-OH is 2. The van der Waals surface area contributed by atoms with Crippen molar-refractivity contribution in [2.45, 2.75) is 12.2 Å². The Hall–Kier alpha value is -1.72. The molecule has 0 fully saturated rings. The summed E-state index contributed by atoms with van der Waals surface area (Å²) in [5.41, 5.74) is -1.64. The van der Waals surface area contributed by atoms with E-state index < -0.39 is 46.9 Å². The largest absolute Gasteiger partial charge is 0.384 e. The summed E-state index contributed by atoms with van der Waals surface area (Å²) in [6.07, 6.45) is -4.85. The van der Waals surface area contributed by atoms with E-state index in [0.717, 1.165) is 6.07 Å². The van der Waals surface area contributed by atoms with Crippen LogP contribution in [0.15, 0.2) is 0 Å². The van der Waals surface area contributed by atoms with Crippen molar-refractivity contribution in [1.82, 2.24) is 0 Å².